The lowest BCUT2D eigenvalue weighted by molar-refractivity contribution is 0.0698. The maximum Gasteiger partial charge on any atom is 0.339 e. The van der Waals surface area contributed by atoms with Crippen LogP contribution in [0.2, 0.25) is 5.02 Å². The summed E-state index contributed by atoms with van der Waals surface area (Å²) in [5.41, 5.74) is 0.104. The molecule has 2 rings (SSSR count). The van der Waals surface area contributed by atoms with E-state index in [0.29, 0.717) is 6.54 Å². The number of benzene rings is 1. The van der Waals surface area contributed by atoms with Crippen molar-refractivity contribution in [3.8, 4) is 0 Å². The van der Waals surface area contributed by atoms with E-state index >= 15 is 0 Å². The van der Waals surface area contributed by atoms with Crippen molar-refractivity contribution in [3.05, 3.63) is 28.8 Å². The van der Waals surface area contributed by atoms with Crippen LogP contribution < -0.4 is 10.6 Å². The summed E-state index contributed by atoms with van der Waals surface area (Å²) in [4.78, 5) is 22.8. The van der Waals surface area contributed by atoms with Gasteiger partial charge in [-0.25, -0.2) is 9.59 Å². The second-order valence-corrected chi connectivity index (χ2v) is 5.34. The van der Waals surface area contributed by atoms with Crippen LogP contribution >= 0.6 is 11.6 Å². The largest absolute Gasteiger partial charge is 0.478 e. The molecule has 108 valence electrons. The lowest BCUT2D eigenvalue weighted by Crippen LogP contribution is -2.30. The Bertz CT molecular complexity index is 515. The van der Waals surface area contributed by atoms with Gasteiger partial charge in [0.15, 0.2) is 0 Å². The molecule has 5 nitrogen and oxygen atoms in total. The second kappa shape index (κ2) is 6.61. The van der Waals surface area contributed by atoms with Crippen LogP contribution in [0.4, 0.5) is 10.5 Å². The lowest BCUT2D eigenvalue weighted by atomic mass is 10.2. The van der Waals surface area contributed by atoms with Crippen LogP contribution in [0.5, 0.6) is 0 Å². The molecule has 1 aliphatic rings. The van der Waals surface area contributed by atoms with Crippen molar-refractivity contribution in [2.24, 2.45) is 5.92 Å². The first-order valence-corrected chi connectivity index (χ1v) is 7.02. The van der Waals surface area contributed by atoms with Crippen LogP contribution in [0.1, 0.15) is 36.0 Å². The van der Waals surface area contributed by atoms with E-state index in [0.717, 1.165) is 18.8 Å². The third kappa shape index (κ3) is 4.13. The van der Waals surface area contributed by atoms with Crippen molar-refractivity contribution >= 4 is 29.3 Å². The van der Waals surface area contributed by atoms with E-state index in [-0.39, 0.29) is 16.3 Å². The summed E-state index contributed by atoms with van der Waals surface area (Å²) in [6.45, 7) is 0.589. The molecule has 1 aromatic carbocycles. The molecule has 3 N–H and O–H groups in total. The van der Waals surface area contributed by atoms with Gasteiger partial charge in [-0.15, -0.1) is 0 Å². The Hall–Kier alpha value is -1.75. The molecule has 1 saturated carbocycles. The number of carboxylic acids is 1. The highest BCUT2D eigenvalue weighted by Crippen LogP contribution is 2.33. The SMILES string of the molecule is O=C(NCCCC1CC1)Nc1cccc(Cl)c1C(=O)O. The number of hydrogen-bond donors (Lipinski definition) is 3. The van der Waals surface area contributed by atoms with Crippen molar-refractivity contribution in [3.63, 3.8) is 0 Å². The molecule has 0 atom stereocenters. The number of anilines is 1. The monoisotopic (exact) mass is 296 g/mol. The number of urea groups is 1. The number of aromatic carboxylic acids is 1. The van der Waals surface area contributed by atoms with Gasteiger partial charge in [-0.3, -0.25) is 0 Å². The Morgan fingerprint density at radius 3 is 2.75 bits per heavy atom. The van der Waals surface area contributed by atoms with Crippen LogP contribution in [0.25, 0.3) is 0 Å². The van der Waals surface area contributed by atoms with Crippen LogP contribution in [-0.2, 0) is 0 Å². The number of nitrogens with one attached hydrogen (secondary N) is 2. The van der Waals surface area contributed by atoms with E-state index in [9.17, 15) is 9.59 Å². The van der Waals surface area contributed by atoms with E-state index in [1.807, 2.05) is 0 Å². The smallest absolute Gasteiger partial charge is 0.339 e. The van der Waals surface area contributed by atoms with E-state index in [2.05, 4.69) is 10.6 Å². The number of hydrogen-bond acceptors (Lipinski definition) is 2. The van der Waals surface area contributed by atoms with Gasteiger partial charge in [0.25, 0.3) is 0 Å². The van der Waals surface area contributed by atoms with Crippen LogP contribution in [0, 0.1) is 5.92 Å². The number of amides is 2. The number of rotatable bonds is 6. The molecule has 6 heteroatoms. The lowest BCUT2D eigenvalue weighted by Gasteiger charge is -2.10. The number of carbonyl (C=O) groups is 2. The molecule has 0 heterocycles. The summed E-state index contributed by atoms with van der Waals surface area (Å²) in [5, 5.41) is 14.4. The van der Waals surface area contributed by atoms with Crippen molar-refractivity contribution < 1.29 is 14.7 Å². The third-order valence-electron chi connectivity index (χ3n) is 3.25. The van der Waals surface area contributed by atoms with Gasteiger partial charge in [0.05, 0.1) is 10.7 Å². The fourth-order valence-electron chi connectivity index (χ4n) is 2.01. The zero-order chi connectivity index (χ0) is 14.5. The normalized spacial score (nSPS) is 13.8. The average Bonchev–Trinajstić information content (AvgIpc) is 3.18. The Morgan fingerprint density at radius 1 is 1.35 bits per heavy atom. The first-order chi connectivity index (χ1) is 9.58. The highest BCUT2D eigenvalue weighted by Gasteiger charge is 2.20. The van der Waals surface area contributed by atoms with Gasteiger partial charge in [-0.1, -0.05) is 30.5 Å². The van der Waals surface area contributed by atoms with Crippen LogP contribution in [0.15, 0.2) is 18.2 Å². The van der Waals surface area contributed by atoms with Crippen LogP contribution in [-0.4, -0.2) is 23.7 Å². The highest BCUT2D eigenvalue weighted by atomic mass is 35.5. The number of carbonyl (C=O) groups excluding carboxylic acids is 1. The van der Waals surface area contributed by atoms with Gasteiger partial charge in [0, 0.05) is 6.54 Å². The van der Waals surface area contributed by atoms with Gasteiger partial charge in [0.2, 0.25) is 0 Å². The van der Waals surface area contributed by atoms with E-state index in [4.69, 9.17) is 16.7 Å². The second-order valence-electron chi connectivity index (χ2n) is 4.93. The first kappa shape index (κ1) is 14.7. The molecule has 20 heavy (non-hydrogen) atoms. The predicted octanol–water partition coefficient (Wildman–Crippen LogP) is 3.35. The molecular weight excluding hydrogens is 280 g/mol. The summed E-state index contributed by atoms with van der Waals surface area (Å²) in [7, 11) is 0. The van der Waals surface area contributed by atoms with Gasteiger partial charge in [-0.2, -0.15) is 0 Å². The zero-order valence-corrected chi connectivity index (χ0v) is 11.7. The van der Waals surface area contributed by atoms with E-state index < -0.39 is 12.0 Å². The van der Waals surface area contributed by atoms with Gasteiger partial charge >= 0.3 is 12.0 Å². The Kier molecular flexibility index (Phi) is 4.84. The van der Waals surface area contributed by atoms with Crippen molar-refractivity contribution in [1.29, 1.82) is 0 Å². The molecule has 0 unspecified atom stereocenters. The Morgan fingerprint density at radius 2 is 2.10 bits per heavy atom. The molecule has 2 amide bonds. The van der Waals surface area contributed by atoms with Crippen LogP contribution in [0.3, 0.4) is 0 Å². The third-order valence-corrected chi connectivity index (χ3v) is 3.56. The van der Waals surface area contributed by atoms with E-state index in [1.165, 1.54) is 25.0 Å². The molecule has 0 aromatic heterocycles. The Labute approximate surface area is 122 Å². The van der Waals surface area contributed by atoms with Gasteiger partial charge < -0.3 is 15.7 Å². The average molecular weight is 297 g/mol. The van der Waals surface area contributed by atoms with Crippen molar-refractivity contribution in [1.82, 2.24) is 5.32 Å². The molecule has 0 radical (unpaired) electrons. The maximum atomic E-state index is 11.7. The molecule has 0 saturated heterocycles. The Balaban J connectivity index is 1.86. The number of carboxylic acid groups (broad SMARTS) is 1. The zero-order valence-electron chi connectivity index (χ0n) is 11.0. The minimum Gasteiger partial charge on any atom is -0.478 e. The predicted molar refractivity (Wildman–Crippen MR) is 77.4 cm³/mol. The summed E-state index contributed by atoms with van der Waals surface area (Å²) < 4.78 is 0. The number of halogens is 1. The molecular formula is C14H17ClN2O3. The quantitative estimate of drug-likeness (QED) is 0.704. The van der Waals surface area contributed by atoms with Gasteiger partial charge in [-0.05, 0) is 30.9 Å². The summed E-state index contributed by atoms with van der Waals surface area (Å²) in [6.07, 6.45) is 4.69. The molecule has 1 aromatic rings. The minimum atomic E-state index is -1.17. The highest BCUT2D eigenvalue weighted by molar-refractivity contribution is 6.34. The topological polar surface area (TPSA) is 78.4 Å². The van der Waals surface area contributed by atoms with E-state index in [1.54, 1.807) is 6.07 Å². The fourth-order valence-corrected chi connectivity index (χ4v) is 2.27. The van der Waals surface area contributed by atoms with Gasteiger partial charge in [0.1, 0.15) is 5.56 Å². The summed E-state index contributed by atoms with van der Waals surface area (Å²) in [6, 6.07) is 4.17. The molecule has 1 fully saturated rings. The maximum absolute atomic E-state index is 11.7. The summed E-state index contributed by atoms with van der Waals surface area (Å²) in [5.74, 6) is -0.328. The minimum absolute atomic E-state index is 0.0951. The van der Waals surface area contributed by atoms with Crippen molar-refractivity contribution in [2.45, 2.75) is 25.7 Å². The standard InChI is InChI=1S/C14H17ClN2O3/c15-10-4-1-5-11(12(10)13(18)19)17-14(20)16-8-2-3-9-6-7-9/h1,4-5,9H,2-3,6-8H2,(H,18,19)(H2,16,17,20). The fraction of sp³-hybridized carbons (Fsp3) is 0.429. The molecule has 1 aliphatic carbocycles. The van der Waals surface area contributed by atoms with Crippen molar-refractivity contribution in [2.75, 3.05) is 11.9 Å². The molecule has 0 bridgehead atoms. The summed E-state index contributed by atoms with van der Waals surface area (Å²) >= 11 is 5.82. The first-order valence-electron chi connectivity index (χ1n) is 6.64. The molecule has 0 spiro atoms. The molecule has 0 aliphatic heterocycles.